The van der Waals surface area contributed by atoms with Gasteiger partial charge in [-0.25, -0.2) is 0 Å². The highest BCUT2D eigenvalue weighted by Gasteiger charge is 1.70. The second kappa shape index (κ2) is 2.08. The molecule has 0 aliphatic heterocycles. The zero-order chi connectivity index (χ0) is 4.28. The Labute approximate surface area is 36.1 Å². The Balaban J connectivity index is 3.14. The van der Waals surface area contributed by atoms with Crippen molar-refractivity contribution in [3.8, 4) is 0 Å². The van der Waals surface area contributed by atoms with E-state index in [-0.39, 0.29) is 0 Å². The average molecular weight is 92.1 g/mol. The zero-order valence-electron chi connectivity index (χ0n) is 2.92. The predicted octanol–water partition coefficient (Wildman–Crippen LogP) is -0.0240. The molecule has 0 atom stereocenters. The first-order valence-corrected chi connectivity index (χ1v) is 1.68. The number of hydrogen-bond donors (Lipinski definition) is 2. The molecule has 0 heterocycles. The van der Waals surface area contributed by atoms with Gasteiger partial charge in [0.1, 0.15) is 0 Å². The molecule has 0 amide bonds. The number of rotatable bonds is 0. The van der Waals surface area contributed by atoms with Crippen molar-refractivity contribution in [1.82, 2.24) is 0 Å². The van der Waals surface area contributed by atoms with Crippen LogP contribution in [0.5, 0.6) is 0 Å². The van der Waals surface area contributed by atoms with Gasteiger partial charge >= 0.3 is 0 Å². The van der Waals surface area contributed by atoms with Crippen LogP contribution in [0.3, 0.4) is 0 Å². The predicted molar refractivity (Wildman–Crippen MR) is 23.0 cm³/mol. The summed E-state index contributed by atoms with van der Waals surface area (Å²) in [4.78, 5) is 0. The Morgan fingerprint density at radius 1 is 2.00 bits per heavy atom. The monoisotopic (exact) mass is 92.0 g/mol. The Morgan fingerprint density at radius 2 is 2.20 bits per heavy atom. The van der Waals surface area contributed by atoms with Gasteiger partial charge < -0.3 is 0 Å². The molecule has 0 fully saturated rings. The first-order chi connectivity index (χ1) is 2.27. The van der Waals surface area contributed by atoms with Crippen LogP contribution in [0.2, 0.25) is 0 Å². The van der Waals surface area contributed by atoms with Crippen LogP contribution in [0.15, 0.2) is 0 Å². The van der Waals surface area contributed by atoms with Gasteiger partial charge in [-0.3, -0.25) is 5.21 Å². The Kier molecular flexibility index (Phi) is 2.01. The largest absolute Gasteiger partial charge is 0.291 e. The summed E-state index contributed by atoms with van der Waals surface area (Å²) in [6, 6.07) is 0. The first-order valence-electron chi connectivity index (χ1n) is 1.16. The van der Waals surface area contributed by atoms with Crippen LogP contribution in [0.25, 0.3) is 0 Å². The van der Waals surface area contributed by atoms with Crippen LogP contribution in [0.1, 0.15) is 0 Å². The standard InChI is InChI=1S/C2H5NOS/c1-3(4)2-5/h2,4H,1H3/p+1. The van der Waals surface area contributed by atoms with Crippen LogP contribution >= 0.6 is 12.6 Å². The second-order valence-corrected chi connectivity index (χ2v) is 0.920. The van der Waals surface area contributed by atoms with Gasteiger partial charge in [0, 0.05) is 0 Å². The summed E-state index contributed by atoms with van der Waals surface area (Å²) in [6.07, 6.45) is 0. The molecule has 0 bridgehead atoms. The molecule has 0 aliphatic rings. The summed E-state index contributed by atoms with van der Waals surface area (Å²) in [5.74, 6) is 0. The van der Waals surface area contributed by atoms with Crippen LogP contribution in [0, 0.1) is 0 Å². The van der Waals surface area contributed by atoms with E-state index in [0.29, 0.717) is 0 Å². The van der Waals surface area contributed by atoms with E-state index in [1.807, 2.05) is 0 Å². The second-order valence-electron chi connectivity index (χ2n) is 0.689. The van der Waals surface area contributed by atoms with Crippen molar-refractivity contribution in [2.75, 3.05) is 7.05 Å². The Hall–Kier alpha value is -0.180. The maximum absolute atomic E-state index is 8.06. The lowest BCUT2D eigenvalue weighted by Crippen LogP contribution is -1.93. The topological polar surface area (TPSA) is 23.2 Å². The van der Waals surface area contributed by atoms with E-state index < -0.39 is 0 Å². The average Bonchev–Trinajstić information content (AvgIpc) is 1.38. The summed E-state index contributed by atoms with van der Waals surface area (Å²) >= 11 is 3.57. The molecule has 0 unspecified atom stereocenters. The highest BCUT2D eigenvalue weighted by Crippen LogP contribution is 1.53. The normalized spacial score (nSPS) is 12.0. The molecule has 0 spiro atoms. The molecule has 0 radical (unpaired) electrons. The fourth-order valence-electron chi connectivity index (χ4n) is 0. The van der Waals surface area contributed by atoms with Crippen LogP contribution in [-0.2, 0) is 0 Å². The van der Waals surface area contributed by atoms with E-state index in [1.165, 1.54) is 12.6 Å². The Bertz CT molecular complexity index is 47.6. The molecular formula is C2H6NOS+. The molecule has 30 valence electrons. The van der Waals surface area contributed by atoms with Crippen molar-refractivity contribution >= 4 is 18.2 Å². The van der Waals surface area contributed by atoms with Gasteiger partial charge in [0.25, 0.3) is 0 Å². The zero-order valence-corrected chi connectivity index (χ0v) is 3.81. The molecule has 0 aliphatic carbocycles. The van der Waals surface area contributed by atoms with Crippen LogP contribution in [-0.4, -0.2) is 22.5 Å². The molecule has 0 aromatic rings. The number of nitrogens with zero attached hydrogens (tertiary/aromatic N) is 1. The van der Waals surface area contributed by atoms with Gasteiger partial charge in [0.15, 0.2) is 7.05 Å². The quantitative estimate of drug-likeness (QED) is 0.108. The van der Waals surface area contributed by atoms with E-state index >= 15 is 0 Å². The highest BCUT2D eigenvalue weighted by molar-refractivity contribution is 7.94. The van der Waals surface area contributed by atoms with E-state index in [9.17, 15) is 0 Å². The molecule has 1 N–H and O–H groups in total. The summed E-state index contributed by atoms with van der Waals surface area (Å²) in [7, 11) is 1.48. The van der Waals surface area contributed by atoms with Gasteiger partial charge in [-0.1, -0.05) is 12.6 Å². The SMILES string of the molecule is C/[N+](O)=C/S. The lowest BCUT2D eigenvalue weighted by atomic mass is 11.4. The smallest absolute Gasteiger partial charge is 0.245 e. The van der Waals surface area contributed by atoms with Crippen LogP contribution < -0.4 is 0 Å². The minimum atomic E-state index is 0.864. The minimum Gasteiger partial charge on any atom is -0.291 e. The molecule has 2 nitrogen and oxygen atoms in total. The lowest BCUT2D eigenvalue weighted by molar-refractivity contribution is -0.749. The van der Waals surface area contributed by atoms with E-state index in [4.69, 9.17) is 5.21 Å². The molecular weight excluding hydrogens is 86.1 g/mol. The van der Waals surface area contributed by atoms with E-state index in [0.717, 1.165) is 4.74 Å². The fourth-order valence-corrected chi connectivity index (χ4v) is 0. The molecule has 0 saturated carbocycles. The third kappa shape index (κ3) is 3.82. The number of hydroxylamine groups is 1. The molecule has 5 heavy (non-hydrogen) atoms. The fraction of sp³-hybridized carbons (Fsp3) is 0.500. The van der Waals surface area contributed by atoms with Crippen LogP contribution in [0.4, 0.5) is 0 Å². The molecule has 0 aromatic carbocycles. The molecule has 0 rings (SSSR count). The van der Waals surface area contributed by atoms with E-state index in [1.54, 1.807) is 0 Å². The summed E-state index contributed by atoms with van der Waals surface area (Å²) in [5, 5.41) is 8.06. The third-order valence-corrected chi connectivity index (χ3v) is 0.501. The van der Waals surface area contributed by atoms with Crippen molar-refractivity contribution in [3.05, 3.63) is 0 Å². The first kappa shape index (κ1) is 4.82. The summed E-state index contributed by atoms with van der Waals surface area (Å²) in [5.41, 5.74) is 1.25. The van der Waals surface area contributed by atoms with E-state index in [2.05, 4.69) is 12.6 Å². The van der Waals surface area contributed by atoms with Crippen molar-refractivity contribution < 1.29 is 9.95 Å². The van der Waals surface area contributed by atoms with Gasteiger partial charge in [-0.2, -0.15) is 0 Å². The van der Waals surface area contributed by atoms with Crippen molar-refractivity contribution in [3.63, 3.8) is 0 Å². The van der Waals surface area contributed by atoms with Gasteiger partial charge in [-0.15, -0.1) is 0 Å². The van der Waals surface area contributed by atoms with Gasteiger partial charge in [-0.05, 0) is 4.74 Å². The van der Waals surface area contributed by atoms with Gasteiger partial charge in [0.05, 0.1) is 0 Å². The maximum atomic E-state index is 8.06. The lowest BCUT2D eigenvalue weighted by Gasteiger charge is -1.67. The number of hydrogen-bond acceptors (Lipinski definition) is 1. The highest BCUT2D eigenvalue weighted by atomic mass is 32.1. The third-order valence-electron chi connectivity index (χ3n) is 0.167. The summed E-state index contributed by atoms with van der Waals surface area (Å²) in [6.45, 7) is 0. The van der Waals surface area contributed by atoms with Gasteiger partial charge in [0.2, 0.25) is 5.55 Å². The number of thiol groups is 1. The molecule has 3 heteroatoms. The minimum absolute atomic E-state index is 0.864. The van der Waals surface area contributed by atoms with Crippen molar-refractivity contribution in [2.24, 2.45) is 0 Å². The Morgan fingerprint density at radius 3 is 2.20 bits per heavy atom. The van der Waals surface area contributed by atoms with Crippen molar-refractivity contribution in [2.45, 2.75) is 0 Å². The molecule has 0 aromatic heterocycles. The van der Waals surface area contributed by atoms with Crippen molar-refractivity contribution in [1.29, 1.82) is 0 Å². The summed E-state index contributed by atoms with van der Waals surface area (Å²) < 4.78 is 0.864. The maximum Gasteiger partial charge on any atom is 0.245 e. The molecule has 0 saturated heterocycles.